The van der Waals surface area contributed by atoms with E-state index in [9.17, 15) is 18.0 Å². The summed E-state index contributed by atoms with van der Waals surface area (Å²) in [5, 5.41) is 2.95. The largest absolute Gasteiger partial charge is 0.495 e. The normalized spacial score (nSPS) is 18.4. The molecule has 1 amide bonds. The fourth-order valence-electron chi connectivity index (χ4n) is 2.47. The second-order valence-electron chi connectivity index (χ2n) is 5.11. The molecule has 1 aliphatic heterocycles. The summed E-state index contributed by atoms with van der Waals surface area (Å²) in [5.74, 6) is -0.371. The zero-order valence-corrected chi connectivity index (χ0v) is 12.7. The van der Waals surface area contributed by atoms with Crippen LogP contribution in [0.4, 0.5) is 18.9 Å². The lowest BCUT2D eigenvalue weighted by molar-refractivity contribution is -0.154. The Morgan fingerprint density at radius 2 is 2.23 bits per heavy atom. The number of amides is 1. The van der Waals surface area contributed by atoms with E-state index in [0.29, 0.717) is 30.3 Å². The molecule has 1 aromatic rings. The SMILES string of the molecule is COc1ccc(Cl)cc1N1CCC(NC(=O)CC(F)(F)F)C1. The van der Waals surface area contributed by atoms with E-state index >= 15 is 0 Å². The van der Waals surface area contributed by atoms with Crippen molar-refractivity contribution < 1.29 is 22.7 Å². The van der Waals surface area contributed by atoms with Crippen LogP contribution >= 0.6 is 11.6 Å². The number of carbonyl (C=O) groups is 1. The second kappa shape index (κ2) is 6.64. The van der Waals surface area contributed by atoms with Gasteiger partial charge in [-0.05, 0) is 24.6 Å². The van der Waals surface area contributed by atoms with Crippen LogP contribution in [0.25, 0.3) is 0 Å². The Hall–Kier alpha value is -1.63. The number of anilines is 1. The van der Waals surface area contributed by atoms with E-state index in [0.717, 1.165) is 5.69 Å². The fourth-order valence-corrected chi connectivity index (χ4v) is 2.63. The van der Waals surface area contributed by atoms with Gasteiger partial charge in [-0.3, -0.25) is 4.79 Å². The molecule has 1 fully saturated rings. The summed E-state index contributed by atoms with van der Waals surface area (Å²) < 4.78 is 41.7. The molecular weight excluding hydrogens is 321 g/mol. The van der Waals surface area contributed by atoms with Crippen LogP contribution in [0.1, 0.15) is 12.8 Å². The van der Waals surface area contributed by atoms with Gasteiger partial charge in [0.1, 0.15) is 12.2 Å². The molecule has 1 atom stereocenters. The first-order valence-electron chi connectivity index (χ1n) is 6.73. The Morgan fingerprint density at radius 1 is 1.50 bits per heavy atom. The minimum absolute atomic E-state index is 0.321. The maximum Gasteiger partial charge on any atom is 0.397 e. The van der Waals surface area contributed by atoms with Crippen molar-refractivity contribution in [3.8, 4) is 5.75 Å². The molecule has 122 valence electrons. The first kappa shape index (κ1) is 16.7. The molecule has 0 radical (unpaired) electrons. The molecule has 0 bridgehead atoms. The summed E-state index contributed by atoms with van der Waals surface area (Å²) in [7, 11) is 1.53. The summed E-state index contributed by atoms with van der Waals surface area (Å²) in [6.45, 7) is 1.02. The van der Waals surface area contributed by atoms with Crippen molar-refractivity contribution in [1.29, 1.82) is 0 Å². The molecule has 1 N–H and O–H groups in total. The Balaban J connectivity index is 1.98. The topological polar surface area (TPSA) is 41.6 Å². The highest BCUT2D eigenvalue weighted by atomic mass is 35.5. The van der Waals surface area contributed by atoms with Gasteiger partial charge >= 0.3 is 6.18 Å². The summed E-state index contributed by atoms with van der Waals surface area (Å²) in [5.41, 5.74) is 0.766. The molecule has 8 heteroatoms. The highest BCUT2D eigenvalue weighted by molar-refractivity contribution is 6.30. The predicted octanol–water partition coefficient (Wildman–Crippen LogP) is 3.00. The minimum Gasteiger partial charge on any atom is -0.495 e. The number of ether oxygens (including phenoxy) is 1. The molecule has 0 spiro atoms. The summed E-state index contributed by atoms with van der Waals surface area (Å²) >= 11 is 5.97. The molecular formula is C14H16ClF3N2O2. The van der Waals surface area contributed by atoms with Gasteiger partial charge < -0.3 is 15.0 Å². The third-order valence-electron chi connectivity index (χ3n) is 3.40. The number of hydrogen-bond donors (Lipinski definition) is 1. The first-order chi connectivity index (χ1) is 10.3. The van der Waals surface area contributed by atoms with Crippen LogP contribution in [-0.4, -0.2) is 38.3 Å². The van der Waals surface area contributed by atoms with Crippen LogP contribution in [0.5, 0.6) is 5.75 Å². The molecule has 1 aliphatic rings. The van der Waals surface area contributed by atoms with Crippen LogP contribution in [0, 0.1) is 0 Å². The number of nitrogens with zero attached hydrogens (tertiary/aromatic N) is 1. The summed E-state index contributed by atoms with van der Waals surface area (Å²) in [6.07, 6.45) is -5.37. The summed E-state index contributed by atoms with van der Waals surface area (Å²) in [6, 6.07) is 4.84. The van der Waals surface area contributed by atoms with Gasteiger partial charge in [0.15, 0.2) is 0 Å². The van der Waals surface area contributed by atoms with Crippen molar-refractivity contribution in [3.05, 3.63) is 23.2 Å². The van der Waals surface area contributed by atoms with E-state index in [1.807, 2.05) is 4.90 Å². The summed E-state index contributed by atoms with van der Waals surface area (Å²) in [4.78, 5) is 13.3. The van der Waals surface area contributed by atoms with Gasteiger partial charge in [-0.1, -0.05) is 11.6 Å². The smallest absolute Gasteiger partial charge is 0.397 e. The van der Waals surface area contributed by atoms with Crippen molar-refractivity contribution in [2.75, 3.05) is 25.1 Å². The Morgan fingerprint density at radius 3 is 2.86 bits per heavy atom. The average molecular weight is 337 g/mol. The van der Waals surface area contributed by atoms with Crippen molar-refractivity contribution in [3.63, 3.8) is 0 Å². The van der Waals surface area contributed by atoms with E-state index in [1.165, 1.54) is 7.11 Å². The van der Waals surface area contributed by atoms with E-state index < -0.39 is 18.5 Å². The van der Waals surface area contributed by atoms with Crippen molar-refractivity contribution >= 4 is 23.2 Å². The van der Waals surface area contributed by atoms with E-state index in [-0.39, 0.29) is 6.04 Å². The lowest BCUT2D eigenvalue weighted by Gasteiger charge is -2.22. The third-order valence-corrected chi connectivity index (χ3v) is 3.63. The highest BCUT2D eigenvalue weighted by Gasteiger charge is 2.33. The van der Waals surface area contributed by atoms with E-state index in [1.54, 1.807) is 18.2 Å². The number of carbonyl (C=O) groups excluding carboxylic acids is 1. The maximum absolute atomic E-state index is 12.2. The number of benzene rings is 1. The molecule has 2 rings (SSSR count). The highest BCUT2D eigenvalue weighted by Crippen LogP contribution is 2.33. The minimum atomic E-state index is -4.49. The van der Waals surface area contributed by atoms with Crippen molar-refractivity contribution in [1.82, 2.24) is 5.32 Å². The number of rotatable bonds is 4. The molecule has 0 aliphatic carbocycles. The number of methoxy groups -OCH3 is 1. The monoisotopic (exact) mass is 336 g/mol. The van der Waals surface area contributed by atoms with Crippen LogP contribution in [-0.2, 0) is 4.79 Å². The van der Waals surface area contributed by atoms with Crippen LogP contribution in [0.15, 0.2) is 18.2 Å². The number of alkyl halides is 3. The maximum atomic E-state index is 12.2. The molecule has 1 saturated heterocycles. The van der Waals surface area contributed by atoms with Crippen LogP contribution < -0.4 is 15.0 Å². The lowest BCUT2D eigenvalue weighted by atomic mass is 10.2. The molecule has 1 heterocycles. The molecule has 1 aromatic carbocycles. The van der Waals surface area contributed by atoms with Crippen LogP contribution in [0.2, 0.25) is 5.02 Å². The van der Waals surface area contributed by atoms with Crippen molar-refractivity contribution in [2.45, 2.75) is 25.1 Å². The molecule has 0 saturated carbocycles. The third kappa shape index (κ3) is 4.43. The number of hydrogen-bond acceptors (Lipinski definition) is 3. The quantitative estimate of drug-likeness (QED) is 0.919. The molecule has 1 unspecified atom stereocenters. The van der Waals surface area contributed by atoms with E-state index in [4.69, 9.17) is 16.3 Å². The second-order valence-corrected chi connectivity index (χ2v) is 5.54. The van der Waals surface area contributed by atoms with Crippen LogP contribution in [0.3, 0.4) is 0 Å². The zero-order chi connectivity index (χ0) is 16.3. The van der Waals surface area contributed by atoms with Gasteiger partial charge in [-0.2, -0.15) is 13.2 Å². The standard InChI is InChI=1S/C14H16ClF3N2O2/c1-22-12-3-2-9(15)6-11(12)20-5-4-10(8-20)19-13(21)7-14(16,17)18/h2-3,6,10H,4-5,7-8H2,1H3,(H,19,21). The van der Waals surface area contributed by atoms with Crippen molar-refractivity contribution in [2.24, 2.45) is 0 Å². The predicted molar refractivity (Wildman–Crippen MR) is 77.4 cm³/mol. The molecule has 4 nitrogen and oxygen atoms in total. The van der Waals surface area contributed by atoms with Gasteiger partial charge in [-0.25, -0.2) is 0 Å². The van der Waals surface area contributed by atoms with Gasteiger partial charge in [0.2, 0.25) is 5.91 Å². The molecule has 22 heavy (non-hydrogen) atoms. The first-order valence-corrected chi connectivity index (χ1v) is 7.11. The molecule has 0 aromatic heterocycles. The number of halogens is 4. The lowest BCUT2D eigenvalue weighted by Crippen LogP contribution is -2.39. The average Bonchev–Trinajstić information content (AvgIpc) is 2.84. The Labute approximate surface area is 131 Å². The Bertz CT molecular complexity index is 551. The van der Waals surface area contributed by atoms with Gasteiger partial charge in [0, 0.05) is 24.2 Å². The van der Waals surface area contributed by atoms with E-state index in [2.05, 4.69) is 5.32 Å². The van der Waals surface area contributed by atoms with Gasteiger partial charge in [0.25, 0.3) is 0 Å². The zero-order valence-electron chi connectivity index (χ0n) is 11.9. The van der Waals surface area contributed by atoms with Gasteiger partial charge in [-0.15, -0.1) is 0 Å². The number of nitrogens with one attached hydrogen (secondary N) is 1. The Kier molecular flexibility index (Phi) is 5.05. The van der Waals surface area contributed by atoms with Gasteiger partial charge in [0.05, 0.1) is 12.8 Å². The fraction of sp³-hybridized carbons (Fsp3) is 0.500.